The van der Waals surface area contributed by atoms with Crippen LogP contribution in [0.15, 0.2) is 132 Å². The second-order valence-electron chi connectivity index (χ2n) is 14.7. The Labute approximate surface area is 388 Å². The zero-order valence-electron chi connectivity index (χ0n) is 36.8. The van der Waals surface area contributed by atoms with Gasteiger partial charge in [0.15, 0.2) is 0 Å². The quantitative estimate of drug-likeness (QED) is 0.0399. The first-order valence-corrected chi connectivity index (χ1v) is 20.5. The third-order valence-corrected chi connectivity index (χ3v) is 9.02. The number of carbonyl (C=O) groups excluding carboxylic acids is 8. The fourth-order valence-corrected chi connectivity index (χ4v) is 6.04. The lowest BCUT2D eigenvalue weighted by atomic mass is 10.1. The molecule has 4 aromatic carbocycles. The third-order valence-electron chi connectivity index (χ3n) is 9.02. The van der Waals surface area contributed by atoms with Crippen molar-refractivity contribution in [3.05, 3.63) is 155 Å². The van der Waals surface area contributed by atoms with Crippen LogP contribution in [0.4, 0.5) is 46.0 Å². The van der Waals surface area contributed by atoms with E-state index >= 15 is 0 Å². The second-order valence-corrected chi connectivity index (χ2v) is 14.7. The molecule has 0 unspecified atom stereocenters. The van der Waals surface area contributed by atoms with Crippen LogP contribution in [0.3, 0.4) is 0 Å². The van der Waals surface area contributed by atoms with Crippen LogP contribution in [0, 0.1) is 0 Å². The highest BCUT2D eigenvalue weighted by Crippen LogP contribution is 2.23. The number of rotatable bonds is 16. The van der Waals surface area contributed by atoms with Gasteiger partial charge in [-0.15, -0.1) is 0 Å². The topological polar surface area (TPSA) is 278 Å². The minimum atomic E-state index is -0.641. The standard InChI is InChI=1S/C48H42N10O10/c1-27(59)49-41-21-31(22-42(55-41)50-28(2)60)25-67-47(65)35-9-13-37(14-10-35)53-45(63)33-5-17-39(18-6-33)57-58-40-19-7-34(8-20-40)46(64)54-38-15-11-36(12-16-38)48(66)68-26-32-23-43(51-29(3)61)56-44(24-32)52-30(4)62/h5-24H,25-26H2,1-4H3,(H,53,63)(H,54,64)(H2,49,50,55,59,60)(H2,51,52,56,61,62). The summed E-state index contributed by atoms with van der Waals surface area (Å²) in [6.07, 6.45) is 0. The smallest absolute Gasteiger partial charge is 0.338 e. The maximum absolute atomic E-state index is 13.0. The first-order chi connectivity index (χ1) is 32.5. The maximum Gasteiger partial charge on any atom is 0.338 e. The molecule has 68 heavy (non-hydrogen) atoms. The fraction of sp³-hybridized carbons (Fsp3) is 0.125. The largest absolute Gasteiger partial charge is 0.457 e. The number of anilines is 6. The van der Waals surface area contributed by atoms with Crippen LogP contribution < -0.4 is 31.9 Å². The number of azo groups is 1. The Morgan fingerprint density at radius 3 is 0.956 bits per heavy atom. The van der Waals surface area contributed by atoms with Gasteiger partial charge < -0.3 is 41.4 Å². The predicted molar refractivity (Wildman–Crippen MR) is 250 cm³/mol. The van der Waals surface area contributed by atoms with Crippen LogP contribution in [-0.4, -0.2) is 57.3 Å². The number of hydrogen-bond acceptors (Lipinski definition) is 14. The van der Waals surface area contributed by atoms with Crippen molar-refractivity contribution in [1.29, 1.82) is 0 Å². The van der Waals surface area contributed by atoms with Gasteiger partial charge in [-0.25, -0.2) is 19.6 Å². The van der Waals surface area contributed by atoms with Crippen LogP contribution in [0.2, 0.25) is 0 Å². The molecule has 0 spiro atoms. The summed E-state index contributed by atoms with van der Waals surface area (Å²) in [5.74, 6) is -2.84. The van der Waals surface area contributed by atoms with Gasteiger partial charge in [0.25, 0.3) is 11.8 Å². The lowest BCUT2D eigenvalue weighted by Gasteiger charge is -2.11. The molecule has 6 N–H and O–H groups in total. The molecular formula is C48H42N10O10. The predicted octanol–water partition coefficient (Wildman–Crippen LogP) is 7.94. The first-order valence-electron chi connectivity index (χ1n) is 20.5. The van der Waals surface area contributed by atoms with Crippen molar-refractivity contribution in [3.63, 3.8) is 0 Å². The van der Waals surface area contributed by atoms with Crippen molar-refractivity contribution in [2.24, 2.45) is 10.2 Å². The van der Waals surface area contributed by atoms with Crippen molar-refractivity contribution < 1.29 is 47.8 Å². The molecule has 2 aromatic heterocycles. The number of ether oxygens (including phenoxy) is 2. The highest BCUT2D eigenvalue weighted by molar-refractivity contribution is 6.05. The molecule has 0 fully saturated rings. The van der Waals surface area contributed by atoms with E-state index in [1.54, 1.807) is 72.8 Å². The van der Waals surface area contributed by atoms with Gasteiger partial charge in [-0.1, -0.05) is 0 Å². The normalized spacial score (nSPS) is 10.6. The van der Waals surface area contributed by atoms with Gasteiger partial charge >= 0.3 is 11.9 Å². The van der Waals surface area contributed by atoms with E-state index in [1.165, 1.54) is 76.2 Å². The Kier molecular flexibility index (Phi) is 15.8. The Bertz CT molecular complexity index is 2660. The molecule has 20 nitrogen and oxygen atoms in total. The lowest BCUT2D eigenvalue weighted by molar-refractivity contribution is -0.115. The van der Waals surface area contributed by atoms with E-state index in [2.05, 4.69) is 52.1 Å². The summed E-state index contributed by atoms with van der Waals surface area (Å²) in [4.78, 5) is 106. The van der Waals surface area contributed by atoms with Gasteiger partial charge in [-0.05, 0) is 132 Å². The van der Waals surface area contributed by atoms with Crippen molar-refractivity contribution in [2.45, 2.75) is 40.9 Å². The molecule has 0 aliphatic rings. The number of hydrogen-bond donors (Lipinski definition) is 6. The van der Waals surface area contributed by atoms with Crippen LogP contribution in [0.5, 0.6) is 0 Å². The highest BCUT2D eigenvalue weighted by atomic mass is 16.5. The number of benzene rings is 4. The fourth-order valence-electron chi connectivity index (χ4n) is 6.04. The Hall–Kier alpha value is -9.46. The Morgan fingerprint density at radius 2 is 0.676 bits per heavy atom. The van der Waals surface area contributed by atoms with Crippen molar-refractivity contribution >= 4 is 93.4 Å². The SMILES string of the molecule is CC(=O)Nc1cc(COC(=O)c2ccc(NC(=O)c3ccc(N=Nc4ccc(C(=O)Nc5ccc(C(=O)OCc6cc(NC(C)=O)nc(NC(C)=O)c6)cc5)cc4)cc3)cc2)cc(NC(C)=O)n1. The summed E-state index contributed by atoms with van der Waals surface area (Å²) in [6, 6.07) is 31.0. The molecule has 2 heterocycles. The summed E-state index contributed by atoms with van der Waals surface area (Å²) in [5.41, 5.74) is 3.86. The number of pyridine rings is 2. The molecule has 0 aliphatic heterocycles. The van der Waals surface area contributed by atoms with E-state index in [1.807, 2.05) is 0 Å². The molecule has 0 bridgehead atoms. The van der Waals surface area contributed by atoms with E-state index in [0.29, 0.717) is 45.0 Å². The van der Waals surface area contributed by atoms with Gasteiger partial charge in [-0.2, -0.15) is 10.2 Å². The molecule has 0 saturated heterocycles. The number of esters is 2. The van der Waals surface area contributed by atoms with Gasteiger partial charge in [0.2, 0.25) is 23.6 Å². The first kappa shape index (κ1) is 48.0. The summed E-state index contributed by atoms with van der Waals surface area (Å²) in [7, 11) is 0. The van der Waals surface area contributed by atoms with Gasteiger partial charge in [0.05, 0.1) is 22.5 Å². The zero-order valence-corrected chi connectivity index (χ0v) is 36.8. The number of aromatic nitrogens is 2. The molecule has 0 radical (unpaired) electrons. The van der Waals surface area contributed by atoms with Gasteiger partial charge in [0.1, 0.15) is 36.5 Å². The molecule has 20 heteroatoms. The third kappa shape index (κ3) is 14.5. The van der Waals surface area contributed by atoms with Crippen molar-refractivity contribution in [3.8, 4) is 0 Å². The summed E-state index contributed by atoms with van der Waals surface area (Å²) in [5, 5.41) is 24.1. The summed E-state index contributed by atoms with van der Waals surface area (Å²) < 4.78 is 10.8. The van der Waals surface area contributed by atoms with Gasteiger partial charge in [0, 0.05) is 50.2 Å². The average molecular weight is 919 g/mol. The highest BCUT2D eigenvalue weighted by Gasteiger charge is 2.15. The summed E-state index contributed by atoms with van der Waals surface area (Å²) in [6.45, 7) is 4.91. The Balaban J connectivity index is 0.953. The molecule has 6 rings (SSSR count). The van der Waals surface area contributed by atoms with Crippen LogP contribution >= 0.6 is 0 Å². The molecule has 0 saturated carbocycles. The molecule has 0 aliphatic carbocycles. The summed E-state index contributed by atoms with van der Waals surface area (Å²) >= 11 is 0. The van der Waals surface area contributed by atoms with E-state index < -0.39 is 23.8 Å². The van der Waals surface area contributed by atoms with Crippen molar-refractivity contribution in [2.75, 3.05) is 31.9 Å². The molecule has 6 aromatic rings. The molecule has 344 valence electrons. The minimum absolute atomic E-state index is 0.170. The van der Waals surface area contributed by atoms with E-state index in [0.717, 1.165) is 0 Å². The lowest BCUT2D eigenvalue weighted by Crippen LogP contribution is -2.13. The van der Waals surface area contributed by atoms with Crippen LogP contribution in [0.1, 0.15) is 80.3 Å². The average Bonchev–Trinajstić information content (AvgIpc) is 3.29. The zero-order chi connectivity index (χ0) is 48.7. The number of carbonyl (C=O) groups is 8. The Morgan fingerprint density at radius 1 is 0.397 bits per heavy atom. The van der Waals surface area contributed by atoms with E-state index in [-0.39, 0.29) is 71.2 Å². The van der Waals surface area contributed by atoms with E-state index in [4.69, 9.17) is 9.47 Å². The van der Waals surface area contributed by atoms with Crippen LogP contribution in [0.25, 0.3) is 0 Å². The second kappa shape index (κ2) is 22.4. The van der Waals surface area contributed by atoms with Gasteiger partial charge in [-0.3, -0.25) is 28.8 Å². The molecule has 6 amide bonds. The van der Waals surface area contributed by atoms with E-state index in [9.17, 15) is 38.4 Å². The monoisotopic (exact) mass is 918 g/mol. The van der Waals surface area contributed by atoms with Crippen LogP contribution in [-0.2, 0) is 41.9 Å². The van der Waals surface area contributed by atoms with Crippen molar-refractivity contribution in [1.82, 2.24) is 9.97 Å². The maximum atomic E-state index is 13.0. The number of nitrogens with zero attached hydrogens (tertiary/aromatic N) is 4. The molecule has 0 atom stereocenters. The number of nitrogens with one attached hydrogen (secondary N) is 6. The minimum Gasteiger partial charge on any atom is -0.457 e. The number of amides is 6. The molecular weight excluding hydrogens is 877 g/mol.